The monoisotopic (exact) mass is 303 g/mol. The first-order valence-electron chi connectivity index (χ1n) is 7.38. The number of piperidine rings is 1. The molecule has 21 heavy (non-hydrogen) atoms. The molecule has 112 valence electrons. The highest BCUT2D eigenvalue weighted by molar-refractivity contribution is 7.15. The van der Waals surface area contributed by atoms with E-state index in [1.165, 1.54) is 37.2 Å². The number of anilines is 1. The predicted octanol–water partition coefficient (Wildman–Crippen LogP) is 3.39. The summed E-state index contributed by atoms with van der Waals surface area (Å²) in [6.45, 7) is 3.32. The number of rotatable bonds is 4. The van der Waals surface area contributed by atoms with Crippen LogP contribution in [-0.4, -0.2) is 30.1 Å². The summed E-state index contributed by atoms with van der Waals surface area (Å²) in [5.41, 5.74) is 8.07. The van der Waals surface area contributed by atoms with Gasteiger partial charge in [-0.15, -0.1) is 11.3 Å². The van der Waals surface area contributed by atoms with E-state index in [9.17, 15) is 0 Å². The molecule has 3 rings (SSSR count). The van der Waals surface area contributed by atoms with E-state index in [0.29, 0.717) is 5.13 Å². The number of benzene rings is 1. The van der Waals surface area contributed by atoms with Gasteiger partial charge < -0.3 is 10.5 Å². The first-order chi connectivity index (χ1) is 10.3. The lowest BCUT2D eigenvalue weighted by Gasteiger charge is -2.26. The van der Waals surface area contributed by atoms with Gasteiger partial charge in [-0.05, 0) is 50.2 Å². The van der Waals surface area contributed by atoms with Crippen molar-refractivity contribution in [1.29, 1.82) is 0 Å². The van der Waals surface area contributed by atoms with E-state index in [1.807, 2.05) is 24.3 Å². The summed E-state index contributed by atoms with van der Waals surface area (Å²) < 4.78 is 5.21. The maximum atomic E-state index is 5.94. The van der Waals surface area contributed by atoms with Crippen molar-refractivity contribution in [2.45, 2.75) is 25.8 Å². The number of nitrogen functional groups attached to an aromatic ring is 1. The van der Waals surface area contributed by atoms with Gasteiger partial charge >= 0.3 is 0 Å². The molecule has 0 bridgehead atoms. The number of methoxy groups -OCH3 is 1. The Hall–Kier alpha value is -1.59. The van der Waals surface area contributed by atoms with Crippen molar-refractivity contribution in [2.24, 2.45) is 0 Å². The van der Waals surface area contributed by atoms with Crippen molar-refractivity contribution in [3.05, 3.63) is 29.1 Å². The second-order valence-corrected chi connectivity index (χ2v) is 6.50. The predicted molar refractivity (Wildman–Crippen MR) is 87.6 cm³/mol. The van der Waals surface area contributed by atoms with Crippen molar-refractivity contribution in [3.63, 3.8) is 0 Å². The first-order valence-corrected chi connectivity index (χ1v) is 8.20. The Balaban J connectivity index is 1.83. The van der Waals surface area contributed by atoms with Crippen LogP contribution >= 0.6 is 11.3 Å². The van der Waals surface area contributed by atoms with Gasteiger partial charge in [-0.1, -0.05) is 6.42 Å². The van der Waals surface area contributed by atoms with Crippen LogP contribution in [0, 0.1) is 0 Å². The molecule has 1 saturated heterocycles. The lowest BCUT2D eigenvalue weighted by Crippen LogP contribution is -2.28. The quantitative estimate of drug-likeness (QED) is 0.940. The fourth-order valence-electron chi connectivity index (χ4n) is 2.77. The molecule has 0 atom stereocenters. The maximum absolute atomic E-state index is 5.94. The van der Waals surface area contributed by atoms with Gasteiger partial charge in [-0.2, -0.15) is 0 Å². The molecular weight excluding hydrogens is 282 g/mol. The minimum Gasteiger partial charge on any atom is -0.497 e. The lowest BCUT2D eigenvalue weighted by atomic mass is 10.1. The van der Waals surface area contributed by atoms with E-state index in [-0.39, 0.29) is 0 Å². The number of nitrogens with zero attached hydrogens (tertiary/aromatic N) is 2. The number of likely N-dealkylation sites (tertiary alicyclic amines) is 1. The van der Waals surface area contributed by atoms with Crippen LogP contribution in [0.15, 0.2) is 24.3 Å². The van der Waals surface area contributed by atoms with Crippen molar-refractivity contribution < 1.29 is 4.74 Å². The third-order valence-electron chi connectivity index (χ3n) is 3.89. The molecule has 0 spiro atoms. The van der Waals surface area contributed by atoms with E-state index in [0.717, 1.165) is 23.6 Å². The molecule has 1 aromatic carbocycles. The standard InChI is InChI=1S/C16H21N3OS/c1-20-13-7-5-12(6-8-13)15-14(21-16(17)18-15)11-19-9-3-2-4-10-19/h5-8H,2-4,9-11H2,1H3,(H2,17,18). The molecule has 2 heterocycles. The summed E-state index contributed by atoms with van der Waals surface area (Å²) in [7, 11) is 1.68. The van der Waals surface area contributed by atoms with Gasteiger partial charge in [-0.3, -0.25) is 4.90 Å². The zero-order chi connectivity index (χ0) is 14.7. The number of hydrogen-bond acceptors (Lipinski definition) is 5. The maximum Gasteiger partial charge on any atom is 0.180 e. The summed E-state index contributed by atoms with van der Waals surface area (Å²) in [4.78, 5) is 8.30. The molecule has 1 aromatic heterocycles. The van der Waals surface area contributed by atoms with Gasteiger partial charge in [0.15, 0.2) is 5.13 Å². The number of aromatic nitrogens is 1. The van der Waals surface area contributed by atoms with Crippen molar-refractivity contribution in [1.82, 2.24) is 9.88 Å². The molecule has 1 aliphatic heterocycles. The van der Waals surface area contributed by atoms with Gasteiger partial charge in [0.2, 0.25) is 0 Å². The number of thiazole rings is 1. The molecule has 5 heteroatoms. The van der Waals surface area contributed by atoms with Crippen LogP contribution in [0.5, 0.6) is 5.75 Å². The Bertz CT molecular complexity index is 588. The van der Waals surface area contributed by atoms with E-state index in [1.54, 1.807) is 18.4 Å². The average Bonchev–Trinajstić information content (AvgIpc) is 2.89. The van der Waals surface area contributed by atoms with Crippen molar-refractivity contribution in [2.75, 3.05) is 25.9 Å². The fourth-order valence-corrected chi connectivity index (χ4v) is 3.67. The topological polar surface area (TPSA) is 51.4 Å². The summed E-state index contributed by atoms with van der Waals surface area (Å²) in [5.74, 6) is 0.861. The van der Waals surface area contributed by atoms with E-state index in [2.05, 4.69) is 9.88 Å². The van der Waals surface area contributed by atoms with Crippen LogP contribution < -0.4 is 10.5 Å². The van der Waals surface area contributed by atoms with Gasteiger partial charge in [0.05, 0.1) is 12.8 Å². The van der Waals surface area contributed by atoms with E-state index < -0.39 is 0 Å². The van der Waals surface area contributed by atoms with Crippen LogP contribution in [-0.2, 0) is 6.54 Å². The Morgan fingerprint density at radius 3 is 2.57 bits per heavy atom. The lowest BCUT2D eigenvalue weighted by molar-refractivity contribution is 0.223. The molecule has 0 aliphatic carbocycles. The minimum absolute atomic E-state index is 0.646. The van der Waals surface area contributed by atoms with Crippen LogP contribution in [0.3, 0.4) is 0 Å². The molecule has 0 amide bonds. The van der Waals surface area contributed by atoms with Crippen molar-refractivity contribution in [3.8, 4) is 17.0 Å². The molecule has 2 aromatic rings. The first kappa shape index (κ1) is 14.4. The average molecular weight is 303 g/mol. The summed E-state index contributed by atoms with van der Waals surface area (Å²) in [6, 6.07) is 8.03. The zero-order valence-electron chi connectivity index (χ0n) is 12.3. The van der Waals surface area contributed by atoms with Crippen LogP contribution in [0.2, 0.25) is 0 Å². The molecule has 0 radical (unpaired) electrons. The highest BCUT2D eigenvalue weighted by Gasteiger charge is 2.17. The zero-order valence-corrected chi connectivity index (χ0v) is 13.2. The summed E-state index contributed by atoms with van der Waals surface area (Å²) in [6.07, 6.45) is 3.95. The highest BCUT2D eigenvalue weighted by atomic mass is 32.1. The van der Waals surface area contributed by atoms with Crippen molar-refractivity contribution >= 4 is 16.5 Å². The molecule has 2 N–H and O–H groups in total. The Labute approximate surface area is 129 Å². The Morgan fingerprint density at radius 1 is 1.19 bits per heavy atom. The van der Waals surface area contributed by atoms with E-state index >= 15 is 0 Å². The van der Waals surface area contributed by atoms with Gasteiger partial charge in [0, 0.05) is 17.0 Å². The largest absolute Gasteiger partial charge is 0.497 e. The fraction of sp³-hybridized carbons (Fsp3) is 0.438. The summed E-state index contributed by atoms with van der Waals surface area (Å²) >= 11 is 1.61. The second-order valence-electron chi connectivity index (χ2n) is 5.39. The molecule has 0 unspecified atom stereocenters. The van der Waals surface area contributed by atoms with E-state index in [4.69, 9.17) is 10.5 Å². The molecule has 1 aliphatic rings. The van der Waals surface area contributed by atoms with Gasteiger partial charge in [0.25, 0.3) is 0 Å². The number of ether oxygens (including phenoxy) is 1. The van der Waals surface area contributed by atoms with Crippen LogP contribution in [0.4, 0.5) is 5.13 Å². The SMILES string of the molecule is COc1ccc(-c2nc(N)sc2CN2CCCCC2)cc1. The summed E-state index contributed by atoms with van der Waals surface area (Å²) in [5, 5.41) is 0.646. The third kappa shape index (κ3) is 3.36. The van der Waals surface area contributed by atoms with Gasteiger partial charge in [-0.25, -0.2) is 4.98 Å². The van der Waals surface area contributed by atoms with Crippen LogP contribution in [0.1, 0.15) is 24.1 Å². The second kappa shape index (κ2) is 6.45. The smallest absolute Gasteiger partial charge is 0.180 e. The molecular formula is C16H21N3OS. The molecule has 1 fully saturated rings. The van der Waals surface area contributed by atoms with Gasteiger partial charge in [0.1, 0.15) is 5.75 Å². The number of nitrogens with two attached hydrogens (primary N) is 1. The molecule has 0 saturated carbocycles. The normalized spacial score (nSPS) is 16.0. The Kier molecular flexibility index (Phi) is 4.41. The molecule has 4 nitrogen and oxygen atoms in total. The number of hydrogen-bond donors (Lipinski definition) is 1. The minimum atomic E-state index is 0.646. The third-order valence-corrected chi connectivity index (χ3v) is 4.76. The highest BCUT2D eigenvalue weighted by Crippen LogP contribution is 2.32. The Morgan fingerprint density at radius 2 is 1.90 bits per heavy atom. The van der Waals surface area contributed by atoms with Crippen LogP contribution in [0.25, 0.3) is 11.3 Å².